The SMILES string of the molecule is Cc1cc(-c2cc(Cl)ccn2)ccc1OCc1c(C)cccc1-n1nnn(C)c1=O. The highest BCUT2D eigenvalue weighted by Crippen LogP contribution is 2.28. The van der Waals surface area contributed by atoms with E-state index in [1.165, 1.54) is 9.36 Å². The van der Waals surface area contributed by atoms with Gasteiger partial charge in [-0.05, 0) is 71.8 Å². The number of aryl methyl sites for hydroxylation is 3. The molecule has 0 aliphatic heterocycles. The van der Waals surface area contributed by atoms with Crippen LogP contribution in [0.3, 0.4) is 0 Å². The molecule has 4 rings (SSSR count). The number of benzene rings is 2. The predicted octanol–water partition coefficient (Wildman–Crippen LogP) is 3.88. The highest BCUT2D eigenvalue weighted by Gasteiger charge is 2.14. The summed E-state index contributed by atoms with van der Waals surface area (Å²) in [4.78, 5) is 16.7. The molecule has 0 aliphatic rings. The van der Waals surface area contributed by atoms with Gasteiger partial charge in [-0.25, -0.2) is 4.79 Å². The lowest BCUT2D eigenvalue weighted by molar-refractivity contribution is 0.302. The van der Waals surface area contributed by atoms with Gasteiger partial charge in [-0.1, -0.05) is 23.7 Å². The molecular weight excluding hydrogens is 402 g/mol. The minimum Gasteiger partial charge on any atom is -0.489 e. The first-order valence-corrected chi connectivity index (χ1v) is 9.75. The predicted molar refractivity (Wildman–Crippen MR) is 115 cm³/mol. The van der Waals surface area contributed by atoms with Crippen molar-refractivity contribution in [1.82, 2.24) is 24.8 Å². The summed E-state index contributed by atoms with van der Waals surface area (Å²) >= 11 is 6.08. The summed E-state index contributed by atoms with van der Waals surface area (Å²) in [7, 11) is 1.57. The normalized spacial score (nSPS) is 10.9. The maximum absolute atomic E-state index is 12.3. The molecule has 0 saturated heterocycles. The number of rotatable bonds is 5. The Hall–Kier alpha value is -3.45. The number of ether oxygens (including phenoxy) is 1. The van der Waals surface area contributed by atoms with Crippen molar-refractivity contribution in [1.29, 1.82) is 0 Å². The molecule has 0 saturated carbocycles. The third-order valence-corrected chi connectivity index (χ3v) is 5.14. The maximum Gasteiger partial charge on any atom is 0.368 e. The number of nitrogens with zero attached hydrogens (tertiary/aromatic N) is 5. The summed E-state index contributed by atoms with van der Waals surface area (Å²) in [5, 5.41) is 8.40. The second kappa shape index (κ2) is 8.12. The largest absolute Gasteiger partial charge is 0.489 e. The van der Waals surface area contributed by atoms with Crippen molar-refractivity contribution in [2.24, 2.45) is 7.05 Å². The Kier molecular flexibility index (Phi) is 5.37. The van der Waals surface area contributed by atoms with E-state index in [0.29, 0.717) is 17.3 Å². The standard InChI is InChI=1S/C22H20ClN5O2/c1-14-5-4-6-20(28-22(29)27(3)25-26-28)18(14)13-30-21-8-7-16(11-15(21)2)19-12-17(23)9-10-24-19/h4-12H,13H2,1-3H3. The molecule has 0 aliphatic carbocycles. The van der Waals surface area contributed by atoms with E-state index >= 15 is 0 Å². The molecule has 0 atom stereocenters. The van der Waals surface area contributed by atoms with Crippen LogP contribution in [0.25, 0.3) is 16.9 Å². The van der Waals surface area contributed by atoms with E-state index in [9.17, 15) is 4.79 Å². The first kappa shape index (κ1) is 19.8. The van der Waals surface area contributed by atoms with Crippen LogP contribution in [0.2, 0.25) is 5.02 Å². The van der Waals surface area contributed by atoms with Gasteiger partial charge in [0.2, 0.25) is 0 Å². The van der Waals surface area contributed by atoms with E-state index < -0.39 is 0 Å². The van der Waals surface area contributed by atoms with Crippen LogP contribution in [-0.4, -0.2) is 24.8 Å². The Balaban J connectivity index is 1.61. The fourth-order valence-electron chi connectivity index (χ4n) is 3.22. The first-order chi connectivity index (χ1) is 14.4. The number of tetrazole rings is 1. The van der Waals surface area contributed by atoms with Crippen LogP contribution in [0.4, 0.5) is 0 Å². The second-order valence-electron chi connectivity index (χ2n) is 7.00. The van der Waals surface area contributed by atoms with Gasteiger partial charge in [0.1, 0.15) is 12.4 Å². The summed E-state index contributed by atoms with van der Waals surface area (Å²) in [5.74, 6) is 0.751. The molecule has 4 aromatic rings. The van der Waals surface area contributed by atoms with E-state index in [2.05, 4.69) is 15.4 Å². The number of pyridine rings is 1. The molecule has 8 heteroatoms. The number of hydrogen-bond acceptors (Lipinski definition) is 5. The third-order valence-electron chi connectivity index (χ3n) is 4.90. The van der Waals surface area contributed by atoms with Crippen LogP contribution >= 0.6 is 11.6 Å². The van der Waals surface area contributed by atoms with E-state index in [0.717, 1.165) is 33.7 Å². The highest BCUT2D eigenvalue weighted by atomic mass is 35.5. The van der Waals surface area contributed by atoms with Gasteiger partial charge in [-0.3, -0.25) is 4.98 Å². The van der Waals surface area contributed by atoms with Crippen molar-refractivity contribution in [2.45, 2.75) is 20.5 Å². The van der Waals surface area contributed by atoms with E-state index in [4.69, 9.17) is 16.3 Å². The Bertz CT molecular complexity index is 1280. The summed E-state index contributed by atoms with van der Waals surface area (Å²) in [6, 6.07) is 15.2. The lowest BCUT2D eigenvalue weighted by atomic mass is 10.1. The quantitative estimate of drug-likeness (QED) is 0.489. The molecule has 2 aromatic carbocycles. The number of hydrogen-bond donors (Lipinski definition) is 0. The molecule has 2 aromatic heterocycles. The molecule has 0 N–H and O–H groups in total. The zero-order valence-electron chi connectivity index (χ0n) is 16.8. The van der Waals surface area contributed by atoms with E-state index in [-0.39, 0.29) is 5.69 Å². The molecule has 0 unspecified atom stereocenters. The fraction of sp³-hybridized carbons (Fsp3) is 0.182. The molecule has 0 amide bonds. The van der Waals surface area contributed by atoms with Crippen molar-refractivity contribution in [3.8, 4) is 22.7 Å². The van der Waals surface area contributed by atoms with Crippen LogP contribution < -0.4 is 10.4 Å². The van der Waals surface area contributed by atoms with Crippen molar-refractivity contribution in [3.63, 3.8) is 0 Å². The maximum atomic E-state index is 12.3. The van der Waals surface area contributed by atoms with Gasteiger partial charge in [0, 0.05) is 29.4 Å². The van der Waals surface area contributed by atoms with Crippen molar-refractivity contribution in [2.75, 3.05) is 0 Å². The molecule has 0 fully saturated rings. The molecule has 2 heterocycles. The minimum absolute atomic E-state index is 0.292. The van der Waals surface area contributed by atoms with Gasteiger partial charge in [0.25, 0.3) is 0 Å². The summed E-state index contributed by atoms with van der Waals surface area (Å²) in [6.07, 6.45) is 1.69. The van der Waals surface area contributed by atoms with Crippen LogP contribution in [0, 0.1) is 13.8 Å². The van der Waals surface area contributed by atoms with Gasteiger partial charge in [-0.2, -0.15) is 9.36 Å². The highest BCUT2D eigenvalue weighted by molar-refractivity contribution is 6.30. The fourth-order valence-corrected chi connectivity index (χ4v) is 3.38. The minimum atomic E-state index is -0.309. The monoisotopic (exact) mass is 421 g/mol. The van der Waals surface area contributed by atoms with E-state index in [1.54, 1.807) is 19.3 Å². The molecule has 0 radical (unpaired) electrons. The average molecular weight is 422 g/mol. The first-order valence-electron chi connectivity index (χ1n) is 9.37. The Labute approximate surface area is 178 Å². The van der Waals surface area contributed by atoms with Crippen LogP contribution in [0.1, 0.15) is 16.7 Å². The molecule has 152 valence electrons. The lowest BCUT2D eigenvalue weighted by Crippen LogP contribution is -2.23. The van der Waals surface area contributed by atoms with Gasteiger partial charge < -0.3 is 4.74 Å². The van der Waals surface area contributed by atoms with Gasteiger partial charge in [0.15, 0.2) is 0 Å². The van der Waals surface area contributed by atoms with Crippen molar-refractivity contribution in [3.05, 3.63) is 86.9 Å². The summed E-state index contributed by atoms with van der Waals surface area (Å²) in [5.41, 5.74) is 4.97. The average Bonchev–Trinajstić information content (AvgIpc) is 3.06. The van der Waals surface area contributed by atoms with Gasteiger partial charge in [-0.15, -0.1) is 0 Å². The van der Waals surface area contributed by atoms with Gasteiger partial charge in [0.05, 0.1) is 11.4 Å². The van der Waals surface area contributed by atoms with Crippen molar-refractivity contribution < 1.29 is 4.74 Å². The zero-order valence-corrected chi connectivity index (χ0v) is 17.6. The van der Waals surface area contributed by atoms with Crippen LogP contribution in [0.15, 0.2) is 59.5 Å². The van der Waals surface area contributed by atoms with Crippen molar-refractivity contribution >= 4 is 11.6 Å². The Morgan fingerprint density at radius 3 is 2.57 bits per heavy atom. The Morgan fingerprint density at radius 2 is 1.87 bits per heavy atom. The topological polar surface area (TPSA) is 74.8 Å². The summed E-state index contributed by atoms with van der Waals surface area (Å²) in [6.45, 7) is 4.25. The second-order valence-corrected chi connectivity index (χ2v) is 7.43. The molecule has 30 heavy (non-hydrogen) atoms. The molecule has 0 bridgehead atoms. The number of aromatic nitrogens is 5. The molecule has 7 nitrogen and oxygen atoms in total. The van der Waals surface area contributed by atoms with Crippen LogP contribution in [-0.2, 0) is 13.7 Å². The molecule has 0 spiro atoms. The smallest absolute Gasteiger partial charge is 0.368 e. The molecular formula is C22H20ClN5O2. The van der Waals surface area contributed by atoms with E-state index in [1.807, 2.05) is 56.3 Å². The lowest BCUT2D eigenvalue weighted by Gasteiger charge is -2.15. The zero-order chi connectivity index (χ0) is 21.3. The van der Waals surface area contributed by atoms with Gasteiger partial charge >= 0.3 is 5.69 Å². The summed E-state index contributed by atoms with van der Waals surface area (Å²) < 4.78 is 8.59. The Morgan fingerprint density at radius 1 is 1.03 bits per heavy atom. The van der Waals surface area contributed by atoms with Crippen LogP contribution in [0.5, 0.6) is 5.75 Å². The third kappa shape index (κ3) is 3.84. The number of halogens is 1.